The molecule has 3 N–H and O–H groups in total. The third-order valence-electron chi connectivity index (χ3n) is 2.02. The minimum Gasteiger partial charge on any atom is -0.506 e. The summed E-state index contributed by atoms with van der Waals surface area (Å²) in [6, 6.07) is 2.99. The fourth-order valence-corrected chi connectivity index (χ4v) is 2.50. The number of phenolic OH excluding ortho intramolecular Hbond substituents is 1. The molecule has 15 heavy (non-hydrogen) atoms. The van der Waals surface area contributed by atoms with E-state index in [2.05, 4.69) is 0 Å². The summed E-state index contributed by atoms with van der Waals surface area (Å²) in [5.74, 6) is -0.372. The average Bonchev–Trinajstić information content (AvgIpc) is 2.00. The molecule has 1 aromatic carbocycles. The number of benzene rings is 1. The number of sulfonamides is 1. The minimum atomic E-state index is -4.00. The molecule has 0 amide bonds. The summed E-state index contributed by atoms with van der Waals surface area (Å²) in [5.41, 5.74) is 0.503. The summed E-state index contributed by atoms with van der Waals surface area (Å²) in [7, 11) is -4.00. The Kier molecular flexibility index (Phi) is 3.28. The molecule has 0 atom stereocenters. The van der Waals surface area contributed by atoms with Gasteiger partial charge >= 0.3 is 0 Å². The van der Waals surface area contributed by atoms with E-state index < -0.39 is 14.9 Å². The SMILES string of the molecule is CC(C)c1ccc(Cl)c(S(N)(=O)=O)c1O. The average molecular weight is 250 g/mol. The zero-order valence-electron chi connectivity index (χ0n) is 8.36. The quantitative estimate of drug-likeness (QED) is 0.839. The van der Waals surface area contributed by atoms with Crippen LogP contribution in [0.2, 0.25) is 5.02 Å². The van der Waals surface area contributed by atoms with Gasteiger partial charge in [-0.2, -0.15) is 0 Å². The lowest BCUT2D eigenvalue weighted by Gasteiger charge is -2.12. The van der Waals surface area contributed by atoms with Gasteiger partial charge in [-0.05, 0) is 17.5 Å². The van der Waals surface area contributed by atoms with Crippen molar-refractivity contribution in [2.24, 2.45) is 5.14 Å². The van der Waals surface area contributed by atoms with E-state index in [1.165, 1.54) is 6.07 Å². The van der Waals surface area contributed by atoms with Crippen LogP contribution in [0.3, 0.4) is 0 Å². The van der Waals surface area contributed by atoms with Crippen LogP contribution in [0.15, 0.2) is 17.0 Å². The number of nitrogens with two attached hydrogens (primary N) is 1. The van der Waals surface area contributed by atoms with Gasteiger partial charge in [0.05, 0.1) is 5.02 Å². The van der Waals surface area contributed by atoms with Crippen LogP contribution in [0.1, 0.15) is 25.3 Å². The van der Waals surface area contributed by atoms with Crippen LogP contribution >= 0.6 is 11.6 Å². The van der Waals surface area contributed by atoms with Gasteiger partial charge in [0.25, 0.3) is 0 Å². The normalized spacial score (nSPS) is 12.1. The van der Waals surface area contributed by atoms with Gasteiger partial charge in [0.1, 0.15) is 10.6 Å². The maximum Gasteiger partial charge on any atom is 0.243 e. The first-order chi connectivity index (χ1) is 6.75. The van der Waals surface area contributed by atoms with E-state index in [9.17, 15) is 13.5 Å². The molecular weight excluding hydrogens is 238 g/mol. The predicted molar refractivity (Wildman–Crippen MR) is 58.6 cm³/mol. The van der Waals surface area contributed by atoms with Crippen molar-refractivity contribution in [1.29, 1.82) is 0 Å². The van der Waals surface area contributed by atoms with Gasteiger partial charge in [-0.15, -0.1) is 0 Å². The van der Waals surface area contributed by atoms with Gasteiger partial charge in [0, 0.05) is 0 Å². The molecule has 0 aromatic heterocycles. The van der Waals surface area contributed by atoms with E-state index in [1.807, 2.05) is 13.8 Å². The van der Waals surface area contributed by atoms with E-state index in [0.717, 1.165) is 0 Å². The third kappa shape index (κ3) is 2.42. The third-order valence-corrected chi connectivity index (χ3v) is 3.43. The number of phenols is 1. The molecular formula is C9H12ClNO3S. The molecule has 0 unspecified atom stereocenters. The Morgan fingerprint density at radius 3 is 2.33 bits per heavy atom. The summed E-state index contributed by atoms with van der Waals surface area (Å²) in [6.45, 7) is 3.66. The van der Waals surface area contributed by atoms with Crippen LogP contribution in [0.5, 0.6) is 5.75 Å². The topological polar surface area (TPSA) is 80.4 Å². The molecule has 0 radical (unpaired) electrons. The second kappa shape index (κ2) is 4.00. The Bertz CT molecular complexity index is 482. The zero-order valence-corrected chi connectivity index (χ0v) is 9.93. The van der Waals surface area contributed by atoms with E-state index in [-0.39, 0.29) is 16.7 Å². The van der Waals surface area contributed by atoms with Crippen molar-refractivity contribution < 1.29 is 13.5 Å². The Morgan fingerprint density at radius 2 is 1.93 bits per heavy atom. The Labute approximate surface area is 93.7 Å². The highest BCUT2D eigenvalue weighted by Gasteiger charge is 2.21. The Morgan fingerprint density at radius 1 is 1.40 bits per heavy atom. The summed E-state index contributed by atoms with van der Waals surface area (Å²) < 4.78 is 22.4. The molecule has 0 aliphatic carbocycles. The van der Waals surface area contributed by atoms with E-state index >= 15 is 0 Å². The second-order valence-corrected chi connectivity index (χ2v) is 5.42. The molecule has 1 aromatic rings. The molecule has 84 valence electrons. The van der Waals surface area contributed by atoms with Crippen molar-refractivity contribution >= 4 is 21.6 Å². The van der Waals surface area contributed by atoms with Crippen molar-refractivity contribution in [3.05, 3.63) is 22.7 Å². The lowest BCUT2D eigenvalue weighted by molar-refractivity contribution is 0.448. The standard InChI is InChI=1S/C9H12ClNO3S/c1-5(2)6-3-4-7(10)9(8(6)12)15(11,13)14/h3-5,12H,1-2H3,(H2,11,13,14). The molecule has 0 bridgehead atoms. The maximum absolute atomic E-state index is 11.2. The van der Waals surface area contributed by atoms with Crippen molar-refractivity contribution in [1.82, 2.24) is 0 Å². The van der Waals surface area contributed by atoms with Gasteiger partial charge in [-0.3, -0.25) is 0 Å². The number of rotatable bonds is 2. The number of halogens is 1. The van der Waals surface area contributed by atoms with Crippen molar-refractivity contribution in [3.8, 4) is 5.75 Å². The molecule has 0 aliphatic heterocycles. The van der Waals surface area contributed by atoms with Gasteiger partial charge in [-0.25, -0.2) is 13.6 Å². The molecule has 0 fully saturated rings. The van der Waals surface area contributed by atoms with E-state index in [4.69, 9.17) is 16.7 Å². The number of primary sulfonamides is 1. The highest BCUT2D eigenvalue weighted by atomic mass is 35.5. The summed E-state index contributed by atoms with van der Waals surface area (Å²) in [4.78, 5) is -0.407. The van der Waals surface area contributed by atoms with Crippen LogP contribution in [0.4, 0.5) is 0 Å². The first kappa shape index (κ1) is 12.3. The molecule has 0 heterocycles. The van der Waals surface area contributed by atoms with E-state index in [1.54, 1.807) is 6.07 Å². The summed E-state index contributed by atoms with van der Waals surface area (Å²) in [6.07, 6.45) is 0. The first-order valence-corrected chi connectivity index (χ1v) is 6.21. The summed E-state index contributed by atoms with van der Waals surface area (Å²) >= 11 is 5.67. The van der Waals surface area contributed by atoms with Crippen molar-refractivity contribution in [2.45, 2.75) is 24.7 Å². The fraction of sp³-hybridized carbons (Fsp3) is 0.333. The van der Waals surface area contributed by atoms with Crippen molar-refractivity contribution in [2.75, 3.05) is 0 Å². The molecule has 4 nitrogen and oxygen atoms in total. The predicted octanol–water partition coefficient (Wildman–Crippen LogP) is 1.82. The monoisotopic (exact) mass is 249 g/mol. The Hall–Kier alpha value is -0.780. The van der Waals surface area contributed by atoms with Gasteiger partial charge in [-0.1, -0.05) is 31.5 Å². The minimum absolute atomic E-state index is 0.0113. The van der Waals surface area contributed by atoms with Crippen molar-refractivity contribution in [3.63, 3.8) is 0 Å². The Balaban J connectivity index is 3.59. The fourth-order valence-electron chi connectivity index (χ4n) is 1.30. The molecule has 1 rings (SSSR count). The van der Waals surface area contributed by atoms with Gasteiger partial charge in [0.15, 0.2) is 0 Å². The van der Waals surface area contributed by atoms with Gasteiger partial charge in [0.2, 0.25) is 10.0 Å². The van der Waals surface area contributed by atoms with Crippen LogP contribution in [-0.2, 0) is 10.0 Å². The largest absolute Gasteiger partial charge is 0.506 e. The first-order valence-electron chi connectivity index (χ1n) is 4.29. The second-order valence-electron chi connectivity index (χ2n) is 3.51. The molecule has 0 saturated heterocycles. The smallest absolute Gasteiger partial charge is 0.243 e. The van der Waals surface area contributed by atoms with Gasteiger partial charge < -0.3 is 5.11 Å². The molecule has 0 aliphatic rings. The van der Waals surface area contributed by atoms with Crippen LogP contribution in [0.25, 0.3) is 0 Å². The summed E-state index contributed by atoms with van der Waals surface area (Å²) in [5, 5.41) is 14.6. The zero-order chi connectivity index (χ0) is 11.8. The van der Waals surface area contributed by atoms with Crippen LogP contribution < -0.4 is 5.14 Å². The number of hydrogen-bond acceptors (Lipinski definition) is 3. The van der Waals surface area contributed by atoms with Crippen LogP contribution in [-0.4, -0.2) is 13.5 Å². The highest BCUT2D eigenvalue weighted by molar-refractivity contribution is 7.89. The van der Waals surface area contributed by atoms with E-state index in [0.29, 0.717) is 5.56 Å². The number of aromatic hydroxyl groups is 1. The van der Waals surface area contributed by atoms with Crippen LogP contribution in [0, 0.1) is 0 Å². The molecule has 0 spiro atoms. The lowest BCUT2D eigenvalue weighted by Crippen LogP contribution is -2.13. The molecule has 0 saturated carbocycles. The highest BCUT2D eigenvalue weighted by Crippen LogP contribution is 2.36. The maximum atomic E-state index is 11.2. The molecule has 6 heteroatoms. The lowest BCUT2D eigenvalue weighted by atomic mass is 10.0. The number of hydrogen-bond donors (Lipinski definition) is 2.